The standard InChI is InChI=1S/C25H28N6O2/c1-17-9-10-26-22(15-17)29-23-16-24(28-18(2)27-23)30-11-13-31(14-12-30)25(32)21-8-7-19-5-3-4-6-20(19)33-21/h3-6,9-10,15-16,21H,7-8,11-14H2,1-2H3,(H,26,27,28,29). The van der Waals surface area contributed by atoms with Crippen molar-refractivity contribution in [2.24, 2.45) is 0 Å². The van der Waals surface area contributed by atoms with Gasteiger partial charge in [0, 0.05) is 38.4 Å². The summed E-state index contributed by atoms with van der Waals surface area (Å²) in [5, 5.41) is 3.27. The minimum absolute atomic E-state index is 0.0795. The van der Waals surface area contributed by atoms with Crippen molar-refractivity contribution >= 4 is 23.4 Å². The monoisotopic (exact) mass is 444 g/mol. The van der Waals surface area contributed by atoms with E-state index in [1.165, 1.54) is 5.56 Å². The molecule has 1 fully saturated rings. The molecule has 0 spiro atoms. The first-order valence-corrected chi connectivity index (χ1v) is 11.4. The number of fused-ring (bicyclic) bond motifs is 1. The third-order valence-corrected chi connectivity index (χ3v) is 6.10. The van der Waals surface area contributed by atoms with Gasteiger partial charge in [-0.25, -0.2) is 15.0 Å². The quantitative estimate of drug-likeness (QED) is 0.661. The van der Waals surface area contributed by atoms with E-state index in [0.717, 1.165) is 35.8 Å². The number of aryl methyl sites for hydroxylation is 3. The Hall–Kier alpha value is -3.68. The molecule has 1 aromatic carbocycles. The molecule has 33 heavy (non-hydrogen) atoms. The number of piperazine rings is 1. The molecule has 1 saturated heterocycles. The van der Waals surface area contributed by atoms with E-state index < -0.39 is 6.10 Å². The SMILES string of the molecule is Cc1ccnc(Nc2cc(N3CCN(C(=O)C4CCc5ccccc5O4)CC3)nc(C)n2)c1. The highest BCUT2D eigenvalue weighted by Crippen LogP contribution is 2.28. The van der Waals surface area contributed by atoms with E-state index in [0.29, 0.717) is 37.8 Å². The second-order valence-corrected chi connectivity index (χ2v) is 8.57. The van der Waals surface area contributed by atoms with E-state index >= 15 is 0 Å². The molecule has 0 saturated carbocycles. The summed E-state index contributed by atoms with van der Waals surface area (Å²) >= 11 is 0. The summed E-state index contributed by atoms with van der Waals surface area (Å²) < 4.78 is 6.02. The van der Waals surface area contributed by atoms with Gasteiger partial charge in [0.25, 0.3) is 5.91 Å². The zero-order valence-corrected chi connectivity index (χ0v) is 19.0. The summed E-state index contributed by atoms with van der Waals surface area (Å²) in [4.78, 5) is 30.7. The molecule has 2 aliphatic heterocycles. The summed E-state index contributed by atoms with van der Waals surface area (Å²) in [5.41, 5.74) is 2.31. The number of pyridine rings is 1. The molecule has 0 radical (unpaired) electrons. The van der Waals surface area contributed by atoms with Crippen molar-refractivity contribution in [1.29, 1.82) is 0 Å². The number of carbonyl (C=O) groups excluding carboxylic acids is 1. The van der Waals surface area contributed by atoms with E-state index in [1.807, 2.05) is 55.1 Å². The molecule has 1 unspecified atom stereocenters. The third-order valence-electron chi connectivity index (χ3n) is 6.10. The van der Waals surface area contributed by atoms with Crippen LogP contribution in [-0.2, 0) is 11.2 Å². The summed E-state index contributed by atoms with van der Waals surface area (Å²) in [6.45, 7) is 6.64. The molecule has 1 atom stereocenters. The van der Waals surface area contributed by atoms with Crippen molar-refractivity contribution in [3.05, 3.63) is 65.6 Å². The Morgan fingerprint density at radius 1 is 1.03 bits per heavy atom. The average Bonchev–Trinajstić information content (AvgIpc) is 2.83. The van der Waals surface area contributed by atoms with Gasteiger partial charge in [0.05, 0.1) is 0 Å². The van der Waals surface area contributed by atoms with E-state index in [2.05, 4.69) is 31.2 Å². The van der Waals surface area contributed by atoms with Crippen molar-refractivity contribution in [3.63, 3.8) is 0 Å². The molecular formula is C25H28N6O2. The van der Waals surface area contributed by atoms with E-state index in [9.17, 15) is 4.79 Å². The number of hydrogen-bond donors (Lipinski definition) is 1. The smallest absolute Gasteiger partial charge is 0.263 e. The van der Waals surface area contributed by atoms with E-state index in [-0.39, 0.29) is 5.91 Å². The van der Waals surface area contributed by atoms with Crippen LogP contribution in [0.3, 0.4) is 0 Å². The van der Waals surface area contributed by atoms with E-state index in [4.69, 9.17) is 4.74 Å². The third kappa shape index (κ3) is 4.74. The molecule has 0 aliphatic carbocycles. The molecule has 2 aliphatic rings. The predicted octanol–water partition coefficient (Wildman–Crippen LogP) is 3.27. The van der Waals surface area contributed by atoms with Crippen molar-refractivity contribution in [2.45, 2.75) is 32.8 Å². The summed E-state index contributed by atoms with van der Waals surface area (Å²) in [6.07, 6.45) is 2.98. The Kier molecular flexibility index (Phi) is 5.81. The van der Waals surface area contributed by atoms with Crippen LogP contribution in [0, 0.1) is 13.8 Å². The molecule has 4 heterocycles. The Morgan fingerprint density at radius 2 is 1.85 bits per heavy atom. The Balaban J connectivity index is 1.22. The fourth-order valence-electron chi connectivity index (χ4n) is 4.37. The van der Waals surface area contributed by atoms with Crippen molar-refractivity contribution in [1.82, 2.24) is 19.9 Å². The lowest BCUT2D eigenvalue weighted by molar-refractivity contribution is -0.139. The van der Waals surface area contributed by atoms with Gasteiger partial charge in [0.1, 0.15) is 29.0 Å². The number of ether oxygens (including phenoxy) is 1. The first-order valence-electron chi connectivity index (χ1n) is 11.4. The number of carbonyl (C=O) groups is 1. The van der Waals surface area contributed by atoms with Crippen LogP contribution in [0.2, 0.25) is 0 Å². The molecule has 3 aromatic rings. The van der Waals surface area contributed by atoms with Crippen molar-refractivity contribution in [2.75, 3.05) is 36.4 Å². The predicted molar refractivity (Wildman–Crippen MR) is 127 cm³/mol. The maximum Gasteiger partial charge on any atom is 0.263 e. The fraction of sp³-hybridized carbons (Fsp3) is 0.360. The zero-order chi connectivity index (χ0) is 22.8. The molecule has 1 amide bonds. The van der Waals surface area contributed by atoms with Crippen LogP contribution in [0.25, 0.3) is 0 Å². The van der Waals surface area contributed by atoms with Crippen LogP contribution in [0.15, 0.2) is 48.7 Å². The normalized spacial score (nSPS) is 17.8. The summed E-state index contributed by atoms with van der Waals surface area (Å²) in [7, 11) is 0. The lowest BCUT2D eigenvalue weighted by atomic mass is 10.0. The second kappa shape index (κ2) is 9.05. The van der Waals surface area contributed by atoms with Gasteiger partial charge in [-0.15, -0.1) is 0 Å². The first-order chi connectivity index (χ1) is 16.0. The van der Waals surface area contributed by atoms with Gasteiger partial charge < -0.3 is 19.9 Å². The molecule has 8 heteroatoms. The highest BCUT2D eigenvalue weighted by molar-refractivity contribution is 5.82. The number of hydrogen-bond acceptors (Lipinski definition) is 7. The number of nitrogens with zero attached hydrogens (tertiary/aromatic N) is 5. The zero-order valence-electron chi connectivity index (χ0n) is 19.0. The molecule has 2 aromatic heterocycles. The lowest BCUT2D eigenvalue weighted by Crippen LogP contribution is -2.53. The maximum absolute atomic E-state index is 13.1. The van der Waals surface area contributed by atoms with Crippen molar-refractivity contribution in [3.8, 4) is 5.75 Å². The number of rotatable bonds is 4. The summed E-state index contributed by atoms with van der Waals surface area (Å²) in [6, 6.07) is 13.9. The number of amides is 1. The van der Waals surface area contributed by atoms with Crippen LogP contribution < -0.4 is 15.0 Å². The number of para-hydroxylation sites is 1. The lowest BCUT2D eigenvalue weighted by Gasteiger charge is -2.37. The van der Waals surface area contributed by atoms with Gasteiger partial charge in [-0.3, -0.25) is 4.79 Å². The largest absolute Gasteiger partial charge is 0.480 e. The number of anilines is 3. The van der Waals surface area contributed by atoms with Crippen LogP contribution in [0.5, 0.6) is 5.75 Å². The molecule has 170 valence electrons. The topological polar surface area (TPSA) is 83.5 Å². The van der Waals surface area contributed by atoms with Crippen LogP contribution in [-0.4, -0.2) is 58.0 Å². The highest BCUT2D eigenvalue weighted by atomic mass is 16.5. The average molecular weight is 445 g/mol. The van der Waals surface area contributed by atoms with Gasteiger partial charge in [-0.2, -0.15) is 0 Å². The van der Waals surface area contributed by atoms with Crippen LogP contribution >= 0.6 is 0 Å². The number of aromatic nitrogens is 3. The minimum atomic E-state index is -0.398. The van der Waals surface area contributed by atoms with Gasteiger partial charge in [0.2, 0.25) is 0 Å². The first kappa shape index (κ1) is 21.2. The minimum Gasteiger partial charge on any atom is -0.480 e. The fourth-order valence-corrected chi connectivity index (χ4v) is 4.37. The molecule has 8 nitrogen and oxygen atoms in total. The summed E-state index contributed by atoms with van der Waals surface area (Å²) in [5.74, 6) is 3.92. The maximum atomic E-state index is 13.1. The Bertz CT molecular complexity index is 1160. The number of nitrogens with one attached hydrogen (secondary N) is 1. The van der Waals surface area contributed by atoms with Crippen LogP contribution in [0.1, 0.15) is 23.4 Å². The van der Waals surface area contributed by atoms with Crippen molar-refractivity contribution < 1.29 is 9.53 Å². The molecular weight excluding hydrogens is 416 g/mol. The van der Waals surface area contributed by atoms with Gasteiger partial charge in [-0.05, 0) is 56.0 Å². The van der Waals surface area contributed by atoms with Crippen LogP contribution in [0.4, 0.5) is 17.5 Å². The molecule has 1 N–H and O–H groups in total. The Morgan fingerprint density at radius 3 is 2.67 bits per heavy atom. The second-order valence-electron chi connectivity index (χ2n) is 8.57. The molecule has 5 rings (SSSR count). The van der Waals surface area contributed by atoms with E-state index in [1.54, 1.807) is 6.20 Å². The van der Waals surface area contributed by atoms with Gasteiger partial charge in [0.15, 0.2) is 6.10 Å². The number of benzene rings is 1. The molecule has 0 bridgehead atoms. The van der Waals surface area contributed by atoms with Gasteiger partial charge in [-0.1, -0.05) is 18.2 Å². The highest BCUT2D eigenvalue weighted by Gasteiger charge is 2.32. The van der Waals surface area contributed by atoms with Gasteiger partial charge >= 0.3 is 0 Å². The Labute approximate surface area is 193 Å².